The fourth-order valence-electron chi connectivity index (χ4n) is 3.27. The molecule has 0 amide bonds. The second kappa shape index (κ2) is 6.67. The van der Waals surface area contributed by atoms with Crippen LogP contribution in [0.2, 0.25) is 0 Å². The van der Waals surface area contributed by atoms with Gasteiger partial charge >= 0.3 is 0 Å². The summed E-state index contributed by atoms with van der Waals surface area (Å²) < 4.78 is 3.44. The van der Waals surface area contributed by atoms with Crippen molar-refractivity contribution in [2.24, 2.45) is 0 Å². The molecule has 9 heteroatoms. The Labute approximate surface area is 167 Å². The molecular formula is C20H19N9. The second-order valence-electron chi connectivity index (χ2n) is 7.53. The highest BCUT2D eigenvalue weighted by Gasteiger charge is 2.27. The van der Waals surface area contributed by atoms with Crippen molar-refractivity contribution in [3.05, 3.63) is 48.2 Å². The van der Waals surface area contributed by atoms with Gasteiger partial charge in [0.25, 0.3) is 0 Å². The first-order chi connectivity index (χ1) is 14.1. The first kappa shape index (κ1) is 17.3. The van der Waals surface area contributed by atoms with Crippen molar-refractivity contribution in [3.63, 3.8) is 0 Å². The maximum atomic E-state index is 9.07. The average Bonchev–Trinajstić information content (AvgIpc) is 3.30. The monoisotopic (exact) mass is 385 g/mol. The predicted octanol–water partition coefficient (Wildman–Crippen LogP) is 2.97. The molecule has 1 N–H and O–H groups in total. The topological polar surface area (TPSA) is 110 Å². The summed E-state index contributed by atoms with van der Waals surface area (Å²) >= 11 is 0. The number of nitrogens with one attached hydrogen (secondary N) is 1. The minimum absolute atomic E-state index is 0.223. The summed E-state index contributed by atoms with van der Waals surface area (Å²) in [4.78, 5) is 8.97. The molecule has 1 aliphatic carbocycles. The molecule has 0 aromatic carbocycles. The number of nitrogens with zero attached hydrogens (tertiary/aromatic N) is 8. The Kier molecular flexibility index (Phi) is 3.98. The summed E-state index contributed by atoms with van der Waals surface area (Å²) in [5.74, 6) is 1.17. The van der Waals surface area contributed by atoms with E-state index in [0.29, 0.717) is 22.9 Å². The van der Waals surface area contributed by atoms with E-state index >= 15 is 0 Å². The van der Waals surface area contributed by atoms with Crippen LogP contribution in [0.4, 0.5) is 5.69 Å². The van der Waals surface area contributed by atoms with Crippen molar-refractivity contribution in [3.8, 4) is 17.6 Å². The van der Waals surface area contributed by atoms with E-state index in [1.54, 1.807) is 27.8 Å². The maximum Gasteiger partial charge on any atom is 0.164 e. The molecular weight excluding hydrogens is 366 g/mol. The molecule has 1 fully saturated rings. The van der Waals surface area contributed by atoms with Gasteiger partial charge < -0.3 is 5.32 Å². The SMILES string of the molecule is CC(C)Nc1cc(-n2ncc3cc(C#N)cnc32)ncc1-n1cc(C2CC2)nn1. The highest BCUT2D eigenvalue weighted by Crippen LogP contribution is 2.39. The number of hydrogen-bond donors (Lipinski definition) is 1. The number of rotatable bonds is 5. The summed E-state index contributed by atoms with van der Waals surface area (Å²) in [5.41, 5.74) is 3.89. The minimum Gasteiger partial charge on any atom is -0.381 e. The molecule has 1 aliphatic rings. The molecule has 4 aromatic heterocycles. The molecule has 0 saturated heterocycles. The third-order valence-electron chi connectivity index (χ3n) is 4.82. The normalized spacial score (nSPS) is 13.7. The Bertz CT molecular complexity index is 1240. The van der Waals surface area contributed by atoms with Gasteiger partial charge in [0.05, 0.1) is 35.5 Å². The lowest BCUT2D eigenvalue weighted by atomic mass is 10.2. The van der Waals surface area contributed by atoms with E-state index in [1.165, 1.54) is 19.0 Å². The smallest absolute Gasteiger partial charge is 0.164 e. The Morgan fingerprint density at radius 2 is 2.03 bits per heavy atom. The van der Waals surface area contributed by atoms with Crippen LogP contribution in [0.3, 0.4) is 0 Å². The van der Waals surface area contributed by atoms with Gasteiger partial charge in [0.2, 0.25) is 0 Å². The van der Waals surface area contributed by atoms with Gasteiger partial charge in [-0.05, 0) is 32.8 Å². The predicted molar refractivity (Wildman–Crippen MR) is 107 cm³/mol. The highest BCUT2D eigenvalue weighted by molar-refractivity contribution is 5.77. The fraction of sp³-hybridized carbons (Fsp3) is 0.300. The molecule has 9 nitrogen and oxygen atoms in total. The summed E-state index contributed by atoms with van der Waals surface area (Å²) in [6, 6.07) is 6.02. The standard InChI is InChI=1S/C20H19N9/c1-12(2)25-16-6-19(29-20-15(9-24-29)5-13(7-21)8-23-20)22-10-18(16)28-11-17(26-27-28)14-3-4-14/h5-6,8-12,14H,3-4H2,1-2H3,(H,22,25). The molecule has 0 unspecified atom stereocenters. The zero-order chi connectivity index (χ0) is 20.0. The van der Waals surface area contributed by atoms with Gasteiger partial charge in [-0.1, -0.05) is 5.21 Å². The largest absolute Gasteiger partial charge is 0.381 e. The van der Waals surface area contributed by atoms with Crippen LogP contribution < -0.4 is 5.32 Å². The van der Waals surface area contributed by atoms with Gasteiger partial charge in [-0.15, -0.1) is 5.10 Å². The maximum absolute atomic E-state index is 9.07. The Morgan fingerprint density at radius 1 is 1.17 bits per heavy atom. The second-order valence-corrected chi connectivity index (χ2v) is 7.53. The zero-order valence-electron chi connectivity index (χ0n) is 16.1. The van der Waals surface area contributed by atoms with E-state index < -0.39 is 0 Å². The average molecular weight is 385 g/mol. The summed E-state index contributed by atoms with van der Waals surface area (Å²) in [7, 11) is 0. The summed E-state index contributed by atoms with van der Waals surface area (Å²) in [6.45, 7) is 4.16. The molecule has 4 heterocycles. The molecule has 29 heavy (non-hydrogen) atoms. The third-order valence-corrected chi connectivity index (χ3v) is 4.82. The lowest BCUT2D eigenvalue weighted by Crippen LogP contribution is -2.14. The molecule has 4 aromatic rings. The van der Waals surface area contributed by atoms with E-state index in [-0.39, 0.29) is 6.04 Å². The quantitative estimate of drug-likeness (QED) is 0.562. The van der Waals surface area contributed by atoms with Crippen LogP contribution in [0.1, 0.15) is 43.9 Å². The van der Waals surface area contributed by atoms with Gasteiger partial charge in [0.15, 0.2) is 11.5 Å². The molecule has 0 atom stereocenters. The lowest BCUT2D eigenvalue weighted by molar-refractivity contribution is 0.785. The number of aromatic nitrogens is 7. The van der Waals surface area contributed by atoms with E-state index in [1.807, 2.05) is 12.3 Å². The summed E-state index contributed by atoms with van der Waals surface area (Å²) in [5, 5.41) is 26.3. The molecule has 144 valence electrons. The van der Waals surface area contributed by atoms with Gasteiger partial charge in [-0.3, -0.25) is 0 Å². The van der Waals surface area contributed by atoms with Crippen LogP contribution in [0.15, 0.2) is 36.9 Å². The Morgan fingerprint density at radius 3 is 2.79 bits per heavy atom. The van der Waals surface area contributed by atoms with Crippen molar-refractivity contribution >= 4 is 16.7 Å². The van der Waals surface area contributed by atoms with E-state index in [9.17, 15) is 0 Å². The number of hydrogen-bond acceptors (Lipinski definition) is 7. The molecule has 0 aliphatic heterocycles. The molecule has 5 rings (SSSR count). The van der Waals surface area contributed by atoms with Crippen LogP contribution in [-0.2, 0) is 0 Å². The van der Waals surface area contributed by atoms with Gasteiger partial charge in [-0.25, -0.2) is 14.6 Å². The minimum atomic E-state index is 0.223. The summed E-state index contributed by atoms with van der Waals surface area (Å²) in [6.07, 6.45) is 9.33. The zero-order valence-corrected chi connectivity index (χ0v) is 16.1. The Hall–Kier alpha value is -3.80. The van der Waals surface area contributed by atoms with Crippen molar-refractivity contribution in [2.45, 2.75) is 38.6 Å². The number of nitriles is 1. The van der Waals surface area contributed by atoms with Crippen LogP contribution in [0, 0.1) is 11.3 Å². The first-order valence-corrected chi connectivity index (χ1v) is 9.56. The van der Waals surface area contributed by atoms with E-state index in [2.05, 4.69) is 50.6 Å². The Balaban J connectivity index is 1.58. The van der Waals surface area contributed by atoms with Crippen molar-refractivity contribution < 1.29 is 0 Å². The van der Waals surface area contributed by atoms with Crippen LogP contribution in [0.5, 0.6) is 0 Å². The number of anilines is 1. The molecule has 0 radical (unpaired) electrons. The molecule has 0 bridgehead atoms. The van der Waals surface area contributed by atoms with Gasteiger partial charge in [-0.2, -0.15) is 15.0 Å². The first-order valence-electron chi connectivity index (χ1n) is 9.56. The van der Waals surface area contributed by atoms with Crippen LogP contribution in [0.25, 0.3) is 22.5 Å². The van der Waals surface area contributed by atoms with Gasteiger partial charge in [0, 0.05) is 29.6 Å². The number of pyridine rings is 2. The van der Waals surface area contributed by atoms with E-state index in [4.69, 9.17) is 5.26 Å². The number of fused-ring (bicyclic) bond motifs is 1. The third kappa shape index (κ3) is 3.18. The van der Waals surface area contributed by atoms with Gasteiger partial charge in [0.1, 0.15) is 11.8 Å². The molecule has 0 spiro atoms. The highest BCUT2D eigenvalue weighted by atomic mass is 15.4. The lowest BCUT2D eigenvalue weighted by Gasteiger charge is -2.15. The molecule has 1 saturated carbocycles. The fourth-order valence-corrected chi connectivity index (χ4v) is 3.27. The van der Waals surface area contributed by atoms with E-state index in [0.717, 1.165) is 22.5 Å². The van der Waals surface area contributed by atoms with Crippen molar-refractivity contribution in [2.75, 3.05) is 5.32 Å². The van der Waals surface area contributed by atoms with Crippen LogP contribution >= 0.6 is 0 Å². The van der Waals surface area contributed by atoms with Crippen molar-refractivity contribution in [1.29, 1.82) is 5.26 Å². The van der Waals surface area contributed by atoms with Crippen molar-refractivity contribution in [1.82, 2.24) is 34.7 Å². The van der Waals surface area contributed by atoms with Crippen LogP contribution in [-0.4, -0.2) is 40.8 Å².